The van der Waals surface area contributed by atoms with Crippen LogP contribution in [0.5, 0.6) is 0 Å². The first kappa shape index (κ1) is 19.9. The van der Waals surface area contributed by atoms with Crippen molar-refractivity contribution >= 4 is 12.4 Å². The lowest BCUT2D eigenvalue weighted by molar-refractivity contribution is -0.189. The van der Waals surface area contributed by atoms with Gasteiger partial charge in [-0.2, -0.15) is 13.2 Å². The van der Waals surface area contributed by atoms with Crippen LogP contribution in [0.1, 0.15) is 11.6 Å². The van der Waals surface area contributed by atoms with Crippen LogP contribution in [0.25, 0.3) is 0 Å². The number of hydrogen-bond donors (Lipinski definition) is 1. The molecule has 1 aliphatic rings. The van der Waals surface area contributed by atoms with Crippen LogP contribution in [0.3, 0.4) is 0 Å². The number of nitrogens with one attached hydrogen (secondary N) is 1. The van der Waals surface area contributed by atoms with Crippen LogP contribution in [-0.4, -0.2) is 37.3 Å². The lowest BCUT2D eigenvalue weighted by atomic mass is 10.0. The fourth-order valence-corrected chi connectivity index (χ4v) is 2.36. The molecule has 1 atom stereocenters. The molecule has 1 aliphatic heterocycles. The summed E-state index contributed by atoms with van der Waals surface area (Å²) in [6.07, 6.45) is -5.20. The molecule has 2 nitrogen and oxygen atoms in total. The van der Waals surface area contributed by atoms with Gasteiger partial charge in [0.25, 0.3) is 0 Å². The molecule has 2 rings (SSSR count). The van der Waals surface area contributed by atoms with Crippen molar-refractivity contribution in [2.75, 3.05) is 26.2 Å². The molecule has 0 aromatic heterocycles. The Balaban J connectivity index is 0.00000264. The standard InChI is InChI=1S/C12H10F8N2.ClH/c13-6-5(7(14)9(16)10(17)8(6)15)11(12(18,19)20)22-3-1-21-2-4-22;/h11,21H,1-4H2;1H/t11-;/m1./s1. The molecule has 132 valence electrons. The van der Waals surface area contributed by atoms with Gasteiger partial charge >= 0.3 is 6.18 Å². The average molecular weight is 371 g/mol. The van der Waals surface area contributed by atoms with Gasteiger partial charge in [-0.05, 0) is 0 Å². The highest BCUT2D eigenvalue weighted by Crippen LogP contribution is 2.41. The van der Waals surface area contributed by atoms with Gasteiger partial charge in [-0.25, -0.2) is 22.0 Å². The number of halogens is 9. The van der Waals surface area contributed by atoms with Crippen molar-refractivity contribution in [1.29, 1.82) is 0 Å². The molecule has 11 heteroatoms. The summed E-state index contributed by atoms with van der Waals surface area (Å²) in [6, 6.07) is -2.90. The van der Waals surface area contributed by atoms with E-state index in [4.69, 9.17) is 0 Å². The predicted molar refractivity (Wildman–Crippen MR) is 66.7 cm³/mol. The largest absolute Gasteiger partial charge is 0.408 e. The van der Waals surface area contributed by atoms with Crippen LogP contribution < -0.4 is 5.32 Å². The number of nitrogens with zero attached hydrogens (tertiary/aromatic N) is 1. The van der Waals surface area contributed by atoms with Gasteiger partial charge in [0.15, 0.2) is 23.3 Å². The monoisotopic (exact) mass is 370 g/mol. The van der Waals surface area contributed by atoms with E-state index in [9.17, 15) is 35.1 Å². The maximum Gasteiger partial charge on any atom is 0.408 e. The van der Waals surface area contributed by atoms with Crippen molar-refractivity contribution in [2.45, 2.75) is 12.2 Å². The second-order valence-electron chi connectivity index (χ2n) is 4.71. The normalized spacial score (nSPS) is 17.7. The maximum absolute atomic E-state index is 13.7. The SMILES string of the molecule is Cl.Fc1c(F)c(F)c([C@@H](N2CCNCC2)C(F)(F)F)c(F)c1F. The highest BCUT2D eigenvalue weighted by atomic mass is 35.5. The van der Waals surface area contributed by atoms with Crippen LogP contribution in [0, 0.1) is 29.1 Å². The molecule has 1 saturated heterocycles. The molecule has 0 bridgehead atoms. The molecule has 0 unspecified atom stereocenters. The third-order valence-electron chi connectivity index (χ3n) is 3.34. The van der Waals surface area contributed by atoms with Crippen LogP contribution in [0.4, 0.5) is 35.1 Å². The zero-order valence-electron chi connectivity index (χ0n) is 11.3. The minimum Gasteiger partial charge on any atom is -0.314 e. The predicted octanol–water partition coefficient (Wildman–Crippen LogP) is 3.31. The van der Waals surface area contributed by atoms with Crippen molar-refractivity contribution in [3.8, 4) is 0 Å². The van der Waals surface area contributed by atoms with Gasteiger partial charge in [0.2, 0.25) is 5.82 Å². The molecule has 0 aliphatic carbocycles. The van der Waals surface area contributed by atoms with E-state index in [0.717, 1.165) is 0 Å². The van der Waals surface area contributed by atoms with Crippen LogP contribution in [-0.2, 0) is 0 Å². The van der Waals surface area contributed by atoms with Gasteiger partial charge in [-0.15, -0.1) is 12.4 Å². The molecule has 0 radical (unpaired) electrons. The molecule has 1 aromatic carbocycles. The number of benzene rings is 1. The average Bonchev–Trinajstić information content (AvgIpc) is 2.47. The minimum atomic E-state index is -5.20. The van der Waals surface area contributed by atoms with Crippen molar-refractivity contribution in [2.24, 2.45) is 0 Å². The fraction of sp³-hybridized carbons (Fsp3) is 0.500. The second kappa shape index (κ2) is 7.18. The third-order valence-corrected chi connectivity index (χ3v) is 3.34. The van der Waals surface area contributed by atoms with Gasteiger partial charge in [-0.1, -0.05) is 0 Å². The molecule has 1 heterocycles. The Morgan fingerprint density at radius 1 is 0.783 bits per heavy atom. The maximum atomic E-state index is 13.7. The number of alkyl halides is 3. The zero-order chi connectivity index (χ0) is 16.7. The molecule has 1 fully saturated rings. The van der Waals surface area contributed by atoms with Crippen LogP contribution in [0.2, 0.25) is 0 Å². The van der Waals surface area contributed by atoms with Gasteiger partial charge in [0.1, 0.15) is 6.04 Å². The topological polar surface area (TPSA) is 15.3 Å². The van der Waals surface area contributed by atoms with Crippen LogP contribution >= 0.6 is 12.4 Å². The van der Waals surface area contributed by atoms with Gasteiger partial charge < -0.3 is 5.32 Å². The second-order valence-corrected chi connectivity index (χ2v) is 4.71. The molecule has 0 saturated carbocycles. The molecule has 0 amide bonds. The molecule has 1 aromatic rings. The number of rotatable bonds is 2. The van der Waals surface area contributed by atoms with Crippen molar-refractivity contribution in [1.82, 2.24) is 10.2 Å². The Bertz CT molecular complexity index is 542. The van der Waals surface area contributed by atoms with Crippen molar-refractivity contribution < 1.29 is 35.1 Å². The molecular weight excluding hydrogens is 360 g/mol. The minimum absolute atomic E-state index is 0. The summed E-state index contributed by atoms with van der Waals surface area (Å²) in [7, 11) is 0. The first-order chi connectivity index (χ1) is 10.2. The first-order valence-corrected chi connectivity index (χ1v) is 6.19. The quantitative estimate of drug-likeness (QED) is 0.488. The first-order valence-electron chi connectivity index (χ1n) is 6.19. The lowest BCUT2D eigenvalue weighted by Gasteiger charge is -2.36. The summed E-state index contributed by atoms with van der Waals surface area (Å²) in [4.78, 5) is 0.634. The fourth-order valence-electron chi connectivity index (χ4n) is 2.36. The summed E-state index contributed by atoms with van der Waals surface area (Å²) in [5.41, 5.74) is -1.87. The third kappa shape index (κ3) is 3.69. The van der Waals surface area contributed by atoms with E-state index in [0.29, 0.717) is 4.90 Å². The Morgan fingerprint density at radius 2 is 1.17 bits per heavy atom. The lowest BCUT2D eigenvalue weighted by Crippen LogP contribution is -2.49. The molecular formula is C12H11ClF8N2. The van der Waals surface area contributed by atoms with E-state index in [1.54, 1.807) is 0 Å². The Hall–Kier alpha value is -1.13. The number of hydrogen-bond acceptors (Lipinski definition) is 2. The van der Waals surface area contributed by atoms with Crippen LogP contribution in [0.15, 0.2) is 0 Å². The molecule has 0 spiro atoms. The highest BCUT2D eigenvalue weighted by Gasteiger charge is 2.49. The van der Waals surface area contributed by atoms with Crippen molar-refractivity contribution in [3.05, 3.63) is 34.6 Å². The summed E-state index contributed by atoms with van der Waals surface area (Å²) >= 11 is 0. The Labute approximate surface area is 131 Å². The zero-order valence-corrected chi connectivity index (χ0v) is 12.1. The van der Waals surface area contributed by atoms with E-state index >= 15 is 0 Å². The summed E-state index contributed by atoms with van der Waals surface area (Å²) < 4.78 is 106. The highest BCUT2D eigenvalue weighted by molar-refractivity contribution is 5.85. The van der Waals surface area contributed by atoms with E-state index in [2.05, 4.69) is 5.32 Å². The van der Waals surface area contributed by atoms with Gasteiger partial charge in [-0.3, -0.25) is 4.90 Å². The number of piperazine rings is 1. The Morgan fingerprint density at radius 3 is 1.57 bits per heavy atom. The van der Waals surface area contributed by atoms with E-state index < -0.39 is 46.9 Å². The van der Waals surface area contributed by atoms with E-state index in [1.807, 2.05) is 0 Å². The van der Waals surface area contributed by atoms with Gasteiger partial charge in [0, 0.05) is 26.2 Å². The van der Waals surface area contributed by atoms with Gasteiger partial charge in [0.05, 0.1) is 5.56 Å². The summed E-state index contributed by atoms with van der Waals surface area (Å²) in [5, 5.41) is 2.73. The van der Waals surface area contributed by atoms with Crippen molar-refractivity contribution in [3.63, 3.8) is 0 Å². The molecule has 23 heavy (non-hydrogen) atoms. The summed E-state index contributed by atoms with van der Waals surface area (Å²) in [5.74, 6) is -12.2. The molecule has 1 N–H and O–H groups in total. The summed E-state index contributed by atoms with van der Waals surface area (Å²) in [6.45, 7) is -0.294. The van der Waals surface area contributed by atoms with E-state index in [1.165, 1.54) is 0 Å². The van der Waals surface area contributed by atoms with E-state index in [-0.39, 0.29) is 38.6 Å². The Kier molecular flexibility index (Phi) is 6.22. The smallest absolute Gasteiger partial charge is 0.314 e.